The van der Waals surface area contributed by atoms with Gasteiger partial charge < -0.3 is 14.6 Å². The molecule has 3 aromatic carbocycles. The van der Waals surface area contributed by atoms with Crippen LogP contribution in [-0.4, -0.2) is 30.4 Å². The fourth-order valence-electron chi connectivity index (χ4n) is 2.63. The molecule has 0 fully saturated rings. The first kappa shape index (κ1) is 21.1. The summed E-state index contributed by atoms with van der Waals surface area (Å²) in [4.78, 5) is 27.1. The minimum atomic E-state index is -0.971. The SMILES string of the molecule is COC(=O)c1cc(N=Cc2ccccc2OCc2ccc(C(=O)O)cc2)ccc1Cl. The second-order valence-electron chi connectivity index (χ2n) is 6.24. The van der Waals surface area contributed by atoms with Crippen LogP contribution in [0, 0.1) is 0 Å². The summed E-state index contributed by atoms with van der Waals surface area (Å²) in [7, 11) is 1.29. The standard InChI is InChI=1S/C23H18ClNO5/c1-29-23(28)19-12-18(10-11-20(19)24)25-13-17-4-2-3-5-21(17)30-14-15-6-8-16(9-7-15)22(26)27/h2-13H,14H2,1H3,(H,26,27). The van der Waals surface area contributed by atoms with Crippen molar-refractivity contribution in [3.63, 3.8) is 0 Å². The number of carboxylic acid groups (broad SMARTS) is 1. The van der Waals surface area contributed by atoms with Crippen LogP contribution >= 0.6 is 11.6 Å². The lowest BCUT2D eigenvalue weighted by molar-refractivity contribution is 0.0600. The third-order valence-corrected chi connectivity index (χ3v) is 4.55. The van der Waals surface area contributed by atoms with E-state index in [0.29, 0.717) is 16.5 Å². The van der Waals surface area contributed by atoms with Crippen LogP contribution in [0.3, 0.4) is 0 Å². The highest BCUT2D eigenvalue weighted by Gasteiger charge is 2.11. The highest BCUT2D eigenvalue weighted by Crippen LogP contribution is 2.24. The van der Waals surface area contributed by atoms with Crippen molar-refractivity contribution >= 4 is 35.4 Å². The van der Waals surface area contributed by atoms with Gasteiger partial charge in [-0.2, -0.15) is 0 Å². The van der Waals surface area contributed by atoms with Gasteiger partial charge in [-0.3, -0.25) is 4.99 Å². The number of hydrogen-bond acceptors (Lipinski definition) is 5. The van der Waals surface area contributed by atoms with E-state index in [2.05, 4.69) is 4.99 Å². The molecule has 0 radical (unpaired) electrons. The fourth-order valence-corrected chi connectivity index (χ4v) is 2.82. The van der Waals surface area contributed by atoms with Gasteiger partial charge in [0.1, 0.15) is 12.4 Å². The Kier molecular flexibility index (Phi) is 6.83. The molecular formula is C23H18ClNO5. The lowest BCUT2D eigenvalue weighted by Crippen LogP contribution is -2.01. The van der Waals surface area contributed by atoms with Gasteiger partial charge in [0.05, 0.1) is 28.9 Å². The molecule has 0 aromatic heterocycles. The zero-order valence-electron chi connectivity index (χ0n) is 16.0. The van der Waals surface area contributed by atoms with Crippen LogP contribution in [-0.2, 0) is 11.3 Å². The number of methoxy groups -OCH3 is 1. The van der Waals surface area contributed by atoms with Crippen LogP contribution in [0.5, 0.6) is 5.75 Å². The minimum absolute atomic E-state index is 0.223. The molecule has 0 aliphatic heterocycles. The van der Waals surface area contributed by atoms with Crippen LogP contribution < -0.4 is 4.74 Å². The van der Waals surface area contributed by atoms with Crippen molar-refractivity contribution in [2.24, 2.45) is 4.99 Å². The van der Waals surface area contributed by atoms with Gasteiger partial charge in [0.25, 0.3) is 0 Å². The van der Waals surface area contributed by atoms with Crippen LogP contribution in [0.2, 0.25) is 5.02 Å². The Labute approximate surface area is 178 Å². The van der Waals surface area contributed by atoms with E-state index in [4.69, 9.17) is 26.2 Å². The van der Waals surface area contributed by atoms with Gasteiger partial charge >= 0.3 is 11.9 Å². The van der Waals surface area contributed by atoms with Gasteiger partial charge in [0, 0.05) is 11.8 Å². The average molecular weight is 424 g/mol. The van der Waals surface area contributed by atoms with E-state index in [1.807, 2.05) is 24.3 Å². The second kappa shape index (κ2) is 9.71. The first-order valence-electron chi connectivity index (χ1n) is 8.94. The van der Waals surface area contributed by atoms with Crippen LogP contribution in [0.1, 0.15) is 31.8 Å². The first-order chi connectivity index (χ1) is 14.5. The molecule has 0 atom stereocenters. The summed E-state index contributed by atoms with van der Waals surface area (Å²) in [5, 5.41) is 9.26. The molecule has 1 N–H and O–H groups in total. The van der Waals surface area contributed by atoms with Crippen molar-refractivity contribution in [3.8, 4) is 5.75 Å². The summed E-state index contributed by atoms with van der Waals surface area (Å²) in [5.41, 5.74) is 2.59. The summed E-state index contributed by atoms with van der Waals surface area (Å²) >= 11 is 6.03. The number of carbonyl (C=O) groups excluding carboxylic acids is 1. The lowest BCUT2D eigenvalue weighted by atomic mass is 10.1. The highest BCUT2D eigenvalue weighted by molar-refractivity contribution is 6.33. The average Bonchev–Trinajstić information content (AvgIpc) is 2.77. The first-order valence-corrected chi connectivity index (χ1v) is 9.31. The number of rotatable bonds is 7. The molecule has 6 nitrogen and oxygen atoms in total. The van der Waals surface area contributed by atoms with E-state index < -0.39 is 11.9 Å². The molecule has 0 saturated heterocycles. The van der Waals surface area contributed by atoms with E-state index >= 15 is 0 Å². The minimum Gasteiger partial charge on any atom is -0.488 e. The van der Waals surface area contributed by atoms with E-state index in [9.17, 15) is 9.59 Å². The molecule has 0 spiro atoms. The summed E-state index contributed by atoms with van der Waals surface area (Å²) in [6.45, 7) is 0.276. The molecule has 3 rings (SSSR count). The van der Waals surface area contributed by atoms with Crippen molar-refractivity contribution in [1.29, 1.82) is 0 Å². The van der Waals surface area contributed by atoms with Gasteiger partial charge in [0.2, 0.25) is 0 Å². The van der Waals surface area contributed by atoms with Crippen molar-refractivity contribution in [3.05, 3.63) is 94.0 Å². The number of esters is 1. The summed E-state index contributed by atoms with van der Waals surface area (Å²) in [6, 6.07) is 18.7. The molecule has 7 heteroatoms. The van der Waals surface area contributed by atoms with Crippen LogP contribution in [0.25, 0.3) is 0 Å². The zero-order chi connectivity index (χ0) is 21.5. The molecule has 0 aliphatic carbocycles. The number of carboxylic acids is 1. The Hall–Kier alpha value is -3.64. The number of aliphatic imine (C=N–C) groups is 1. The lowest BCUT2D eigenvalue weighted by Gasteiger charge is -2.09. The van der Waals surface area contributed by atoms with Crippen molar-refractivity contribution in [1.82, 2.24) is 0 Å². The molecule has 152 valence electrons. The number of carbonyl (C=O) groups is 2. The van der Waals surface area contributed by atoms with Gasteiger partial charge in [0.15, 0.2) is 0 Å². The molecule has 0 saturated carbocycles. The molecular weight excluding hydrogens is 406 g/mol. The summed E-state index contributed by atoms with van der Waals surface area (Å²) in [6.07, 6.45) is 1.63. The molecule has 0 bridgehead atoms. The number of para-hydroxylation sites is 1. The van der Waals surface area contributed by atoms with Crippen LogP contribution in [0.4, 0.5) is 5.69 Å². The smallest absolute Gasteiger partial charge is 0.339 e. The van der Waals surface area contributed by atoms with Gasteiger partial charge in [-0.25, -0.2) is 9.59 Å². The fraction of sp³-hybridized carbons (Fsp3) is 0.0870. The number of benzene rings is 3. The molecule has 0 heterocycles. The van der Waals surface area contributed by atoms with Crippen LogP contribution in [0.15, 0.2) is 71.7 Å². The number of nitrogens with zero attached hydrogens (tertiary/aromatic N) is 1. The van der Waals surface area contributed by atoms with E-state index in [1.54, 1.807) is 36.5 Å². The number of ether oxygens (including phenoxy) is 2. The second-order valence-corrected chi connectivity index (χ2v) is 6.65. The molecule has 0 unspecified atom stereocenters. The van der Waals surface area contributed by atoms with Crippen molar-refractivity contribution in [2.75, 3.05) is 7.11 Å². The normalized spacial score (nSPS) is 10.7. The third-order valence-electron chi connectivity index (χ3n) is 4.22. The Morgan fingerprint density at radius 2 is 1.80 bits per heavy atom. The Morgan fingerprint density at radius 3 is 2.50 bits per heavy atom. The Morgan fingerprint density at radius 1 is 1.07 bits per heavy atom. The Balaban J connectivity index is 1.75. The molecule has 30 heavy (non-hydrogen) atoms. The largest absolute Gasteiger partial charge is 0.488 e. The predicted octanol–water partition coefficient (Wildman–Crippen LogP) is 5.15. The van der Waals surface area contributed by atoms with Gasteiger partial charge in [-0.1, -0.05) is 35.9 Å². The quantitative estimate of drug-likeness (QED) is 0.419. The van der Waals surface area contributed by atoms with Crippen molar-refractivity contribution in [2.45, 2.75) is 6.61 Å². The maximum absolute atomic E-state index is 11.8. The van der Waals surface area contributed by atoms with Gasteiger partial charge in [-0.15, -0.1) is 0 Å². The highest BCUT2D eigenvalue weighted by atomic mass is 35.5. The number of halogens is 1. The van der Waals surface area contributed by atoms with Crippen molar-refractivity contribution < 1.29 is 24.2 Å². The summed E-state index contributed by atoms with van der Waals surface area (Å²) in [5.74, 6) is -0.887. The predicted molar refractivity (Wildman–Crippen MR) is 114 cm³/mol. The monoisotopic (exact) mass is 423 g/mol. The number of aromatic carboxylic acids is 1. The molecule has 0 aliphatic rings. The van der Waals surface area contributed by atoms with Gasteiger partial charge in [-0.05, 0) is 48.0 Å². The molecule has 3 aromatic rings. The Bertz CT molecular complexity index is 1090. The molecule has 0 amide bonds. The maximum Gasteiger partial charge on any atom is 0.339 e. The van der Waals surface area contributed by atoms with E-state index in [-0.39, 0.29) is 17.7 Å². The topological polar surface area (TPSA) is 85.2 Å². The zero-order valence-corrected chi connectivity index (χ0v) is 16.8. The maximum atomic E-state index is 11.8. The number of hydrogen-bond donors (Lipinski definition) is 1. The van der Waals surface area contributed by atoms with E-state index in [1.165, 1.54) is 19.2 Å². The van der Waals surface area contributed by atoms with E-state index in [0.717, 1.165) is 11.1 Å². The summed E-state index contributed by atoms with van der Waals surface area (Å²) < 4.78 is 10.6. The third kappa shape index (κ3) is 5.24.